The molecule has 1 rings (SSSR count). The molecule has 0 fully saturated rings. The maximum Gasteiger partial charge on any atom is 0.191 e. The minimum absolute atomic E-state index is 0. The van der Waals surface area contributed by atoms with E-state index in [1.807, 2.05) is 19.9 Å². The highest BCUT2D eigenvalue weighted by atomic mass is 127. The van der Waals surface area contributed by atoms with Crippen molar-refractivity contribution in [3.63, 3.8) is 0 Å². The molecular formula is C11H18ClIN4. The molecule has 1 aromatic heterocycles. The third-order valence-electron chi connectivity index (χ3n) is 1.90. The summed E-state index contributed by atoms with van der Waals surface area (Å²) in [5, 5.41) is 6.82. The smallest absolute Gasteiger partial charge is 0.191 e. The lowest BCUT2D eigenvalue weighted by Gasteiger charge is -2.08. The van der Waals surface area contributed by atoms with E-state index in [1.54, 1.807) is 12.3 Å². The van der Waals surface area contributed by atoms with Gasteiger partial charge in [0, 0.05) is 19.3 Å². The Balaban J connectivity index is 0.00000256. The second kappa shape index (κ2) is 9.47. The molecule has 0 saturated carbocycles. The first kappa shape index (κ1) is 16.4. The second-order valence-electron chi connectivity index (χ2n) is 3.21. The Bertz CT molecular complexity index is 332. The molecular weight excluding hydrogens is 351 g/mol. The van der Waals surface area contributed by atoms with Crippen LogP contribution in [-0.2, 0) is 6.54 Å². The molecule has 0 atom stereocenters. The van der Waals surface area contributed by atoms with Crippen molar-refractivity contribution in [1.29, 1.82) is 0 Å². The number of nitrogens with one attached hydrogen (secondary N) is 2. The summed E-state index contributed by atoms with van der Waals surface area (Å²) in [5.41, 5.74) is 1.04. The van der Waals surface area contributed by atoms with Crippen LogP contribution in [0.5, 0.6) is 0 Å². The van der Waals surface area contributed by atoms with Crippen LogP contribution in [0.1, 0.15) is 19.4 Å². The molecule has 2 N–H and O–H groups in total. The number of rotatable bonds is 4. The molecule has 0 aromatic carbocycles. The van der Waals surface area contributed by atoms with Gasteiger partial charge in [-0.2, -0.15) is 0 Å². The molecule has 0 unspecified atom stereocenters. The summed E-state index contributed by atoms with van der Waals surface area (Å²) >= 11 is 5.70. The van der Waals surface area contributed by atoms with Crippen LogP contribution < -0.4 is 10.6 Å². The van der Waals surface area contributed by atoms with Crippen LogP contribution in [-0.4, -0.2) is 24.0 Å². The number of aromatic nitrogens is 1. The van der Waals surface area contributed by atoms with Crippen LogP contribution in [0.15, 0.2) is 23.3 Å². The lowest BCUT2D eigenvalue weighted by Crippen LogP contribution is -2.36. The van der Waals surface area contributed by atoms with E-state index in [0.29, 0.717) is 11.7 Å². The fraction of sp³-hybridized carbons (Fsp3) is 0.455. The van der Waals surface area contributed by atoms with Crippen LogP contribution in [0.2, 0.25) is 5.15 Å². The average molecular weight is 369 g/mol. The van der Waals surface area contributed by atoms with Gasteiger partial charge in [0.05, 0.1) is 6.54 Å². The van der Waals surface area contributed by atoms with Gasteiger partial charge in [-0.3, -0.25) is 0 Å². The van der Waals surface area contributed by atoms with Crippen molar-refractivity contribution in [2.75, 3.05) is 13.1 Å². The van der Waals surface area contributed by atoms with E-state index in [0.717, 1.165) is 24.6 Å². The summed E-state index contributed by atoms with van der Waals surface area (Å²) in [6.45, 7) is 6.38. The van der Waals surface area contributed by atoms with E-state index in [2.05, 4.69) is 20.6 Å². The first-order valence-corrected chi connectivity index (χ1v) is 5.76. The molecule has 4 nitrogen and oxygen atoms in total. The molecule has 17 heavy (non-hydrogen) atoms. The van der Waals surface area contributed by atoms with Crippen molar-refractivity contribution in [2.45, 2.75) is 20.4 Å². The lowest BCUT2D eigenvalue weighted by atomic mass is 10.3. The van der Waals surface area contributed by atoms with Crippen LogP contribution in [0, 0.1) is 0 Å². The Hall–Kier alpha value is -0.560. The largest absolute Gasteiger partial charge is 0.357 e. The highest BCUT2D eigenvalue weighted by Gasteiger charge is 1.96. The maximum atomic E-state index is 5.70. The first-order valence-electron chi connectivity index (χ1n) is 5.38. The van der Waals surface area contributed by atoms with Crippen molar-refractivity contribution in [3.05, 3.63) is 29.0 Å². The van der Waals surface area contributed by atoms with Gasteiger partial charge in [0.1, 0.15) is 5.15 Å². The molecule has 0 spiro atoms. The predicted molar refractivity (Wildman–Crippen MR) is 83.2 cm³/mol. The van der Waals surface area contributed by atoms with Gasteiger partial charge >= 0.3 is 0 Å². The standard InChI is InChI=1S/C11H17ClN4.HI/c1-3-13-11(14-4-2)16-8-9-5-6-10(12)15-7-9;/h5-7H,3-4,8H2,1-2H3,(H2,13,14,16);1H. The molecule has 0 amide bonds. The average Bonchev–Trinajstić information content (AvgIpc) is 2.29. The van der Waals surface area contributed by atoms with Gasteiger partial charge < -0.3 is 10.6 Å². The van der Waals surface area contributed by atoms with Gasteiger partial charge in [-0.05, 0) is 25.5 Å². The molecule has 96 valence electrons. The van der Waals surface area contributed by atoms with Gasteiger partial charge in [0.2, 0.25) is 0 Å². The molecule has 0 aliphatic carbocycles. The van der Waals surface area contributed by atoms with E-state index >= 15 is 0 Å². The summed E-state index contributed by atoms with van der Waals surface area (Å²) in [6, 6.07) is 3.70. The van der Waals surface area contributed by atoms with Crippen molar-refractivity contribution < 1.29 is 0 Å². The zero-order valence-corrected chi connectivity index (χ0v) is 13.1. The van der Waals surface area contributed by atoms with Crippen molar-refractivity contribution >= 4 is 41.5 Å². The van der Waals surface area contributed by atoms with E-state index in [9.17, 15) is 0 Å². The van der Waals surface area contributed by atoms with E-state index in [4.69, 9.17) is 11.6 Å². The minimum Gasteiger partial charge on any atom is -0.357 e. The number of hydrogen-bond donors (Lipinski definition) is 2. The third kappa shape index (κ3) is 6.68. The SMILES string of the molecule is CCNC(=NCc1ccc(Cl)nc1)NCC.I. The third-order valence-corrected chi connectivity index (χ3v) is 2.12. The van der Waals surface area contributed by atoms with Crippen molar-refractivity contribution in [2.24, 2.45) is 4.99 Å². The summed E-state index contributed by atoms with van der Waals surface area (Å²) in [5.74, 6) is 0.819. The van der Waals surface area contributed by atoms with E-state index < -0.39 is 0 Å². The van der Waals surface area contributed by atoms with Gasteiger partial charge in [-0.15, -0.1) is 24.0 Å². The molecule has 0 aliphatic heterocycles. The summed E-state index contributed by atoms with van der Waals surface area (Å²) < 4.78 is 0. The molecule has 1 heterocycles. The second-order valence-corrected chi connectivity index (χ2v) is 3.60. The van der Waals surface area contributed by atoms with Crippen molar-refractivity contribution in [3.8, 4) is 0 Å². The fourth-order valence-electron chi connectivity index (χ4n) is 1.18. The predicted octanol–water partition coefficient (Wildman–Crippen LogP) is 2.43. The van der Waals surface area contributed by atoms with Crippen LogP contribution in [0.4, 0.5) is 0 Å². The van der Waals surface area contributed by atoms with Crippen LogP contribution in [0.3, 0.4) is 0 Å². The fourth-order valence-corrected chi connectivity index (χ4v) is 1.29. The van der Waals surface area contributed by atoms with Crippen LogP contribution in [0.25, 0.3) is 0 Å². The highest BCUT2D eigenvalue weighted by molar-refractivity contribution is 14.0. The number of guanidine groups is 1. The molecule has 0 aliphatic rings. The topological polar surface area (TPSA) is 49.3 Å². The van der Waals surface area contributed by atoms with E-state index in [1.165, 1.54) is 0 Å². The van der Waals surface area contributed by atoms with E-state index in [-0.39, 0.29) is 24.0 Å². The zero-order chi connectivity index (χ0) is 11.8. The molecule has 0 bridgehead atoms. The lowest BCUT2D eigenvalue weighted by molar-refractivity contribution is 0.838. The number of pyridine rings is 1. The summed E-state index contributed by atoms with van der Waals surface area (Å²) in [7, 11) is 0. The Labute approximate surface area is 124 Å². The monoisotopic (exact) mass is 368 g/mol. The normalized spacial score (nSPS) is 9.12. The molecule has 0 radical (unpaired) electrons. The zero-order valence-electron chi connectivity index (χ0n) is 10.0. The molecule has 0 saturated heterocycles. The minimum atomic E-state index is 0. The summed E-state index contributed by atoms with van der Waals surface area (Å²) in [6.07, 6.45) is 1.74. The van der Waals surface area contributed by atoms with Crippen molar-refractivity contribution in [1.82, 2.24) is 15.6 Å². The Morgan fingerprint density at radius 2 is 1.94 bits per heavy atom. The molecule has 1 aromatic rings. The summed E-state index contributed by atoms with van der Waals surface area (Å²) in [4.78, 5) is 8.42. The van der Waals surface area contributed by atoms with Gasteiger partial charge in [0.25, 0.3) is 0 Å². The number of aliphatic imine (C=N–C) groups is 1. The Morgan fingerprint density at radius 3 is 2.41 bits per heavy atom. The highest BCUT2D eigenvalue weighted by Crippen LogP contribution is 2.05. The number of hydrogen-bond acceptors (Lipinski definition) is 2. The number of halogens is 2. The first-order chi connectivity index (χ1) is 7.76. The van der Waals surface area contributed by atoms with Crippen LogP contribution >= 0.6 is 35.6 Å². The molecule has 6 heteroatoms. The van der Waals surface area contributed by atoms with Gasteiger partial charge in [0.15, 0.2) is 5.96 Å². The quantitative estimate of drug-likeness (QED) is 0.371. The maximum absolute atomic E-state index is 5.70. The Morgan fingerprint density at radius 1 is 1.29 bits per heavy atom. The number of nitrogens with zero attached hydrogens (tertiary/aromatic N) is 2. The van der Waals surface area contributed by atoms with Gasteiger partial charge in [-0.25, -0.2) is 9.98 Å². The van der Waals surface area contributed by atoms with Gasteiger partial charge in [-0.1, -0.05) is 17.7 Å². The Kier molecular flexibility index (Phi) is 9.16.